The maximum atomic E-state index is 12.9. The van der Waals surface area contributed by atoms with E-state index >= 15 is 0 Å². The average Bonchev–Trinajstić information content (AvgIpc) is 3.03. The van der Waals surface area contributed by atoms with Crippen molar-refractivity contribution in [2.75, 3.05) is 0 Å². The molecule has 1 heterocycles. The van der Waals surface area contributed by atoms with Gasteiger partial charge in [-0.1, -0.05) is 42.5 Å². The highest BCUT2D eigenvalue weighted by Gasteiger charge is 2.23. The highest BCUT2D eigenvalue weighted by atomic mass is 16.4. The van der Waals surface area contributed by atoms with Crippen LogP contribution in [0.15, 0.2) is 48.5 Å². The Labute approximate surface area is 171 Å². The van der Waals surface area contributed by atoms with Crippen LogP contribution in [-0.2, 0) is 31.1 Å². The van der Waals surface area contributed by atoms with Gasteiger partial charge in [0.25, 0.3) is 0 Å². The van der Waals surface area contributed by atoms with Crippen LogP contribution in [0.2, 0.25) is 0 Å². The molecule has 1 aliphatic rings. The van der Waals surface area contributed by atoms with Crippen molar-refractivity contribution in [3.63, 3.8) is 0 Å². The smallest absolute Gasteiger partial charge is 0.306 e. The lowest BCUT2D eigenvalue weighted by atomic mass is 9.91. The Hall–Kier alpha value is -2.88. The molecule has 4 heteroatoms. The molecule has 0 saturated carbocycles. The van der Waals surface area contributed by atoms with E-state index in [1.54, 1.807) is 0 Å². The summed E-state index contributed by atoms with van der Waals surface area (Å²) in [5.74, 6) is -1.66. The molecule has 0 unspecified atom stereocenters. The van der Waals surface area contributed by atoms with Gasteiger partial charge in [0.1, 0.15) is 0 Å². The molecule has 0 amide bonds. The lowest BCUT2D eigenvalue weighted by Crippen LogP contribution is -2.19. The predicted octanol–water partition coefficient (Wildman–Crippen LogP) is 4.96. The molecule has 1 aliphatic carbocycles. The molecule has 0 aliphatic heterocycles. The van der Waals surface area contributed by atoms with E-state index in [0.29, 0.717) is 18.4 Å². The number of hydrogen-bond acceptors (Lipinski definition) is 2. The molecule has 0 fully saturated rings. The van der Waals surface area contributed by atoms with Crippen LogP contribution >= 0.6 is 0 Å². The molecule has 0 bridgehead atoms. The summed E-state index contributed by atoms with van der Waals surface area (Å²) in [6.07, 6.45) is 5.78. The molecule has 3 aromatic rings. The summed E-state index contributed by atoms with van der Waals surface area (Å²) in [7, 11) is 2.07. The zero-order valence-corrected chi connectivity index (χ0v) is 16.9. The molecule has 4 nitrogen and oxygen atoms in total. The Morgan fingerprint density at radius 3 is 2.59 bits per heavy atom. The number of aryl methyl sites for hydroxylation is 3. The quantitative estimate of drug-likeness (QED) is 0.581. The topological polar surface area (TPSA) is 59.3 Å². The summed E-state index contributed by atoms with van der Waals surface area (Å²) >= 11 is 0. The largest absolute Gasteiger partial charge is 0.481 e. The predicted molar refractivity (Wildman–Crippen MR) is 114 cm³/mol. The third kappa shape index (κ3) is 3.98. The number of aromatic nitrogens is 1. The fourth-order valence-electron chi connectivity index (χ4n) is 4.57. The summed E-state index contributed by atoms with van der Waals surface area (Å²) in [6, 6.07) is 15.7. The van der Waals surface area contributed by atoms with Crippen molar-refractivity contribution in [3.05, 3.63) is 70.9 Å². The van der Waals surface area contributed by atoms with E-state index in [4.69, 9.17) is 0 Å². The van der Waals surface area contributed by atoms with E-state index in [1.165, 1.54) is 29.5 Å². The van der Waals surface area contributed by atoms with Gasteiger partial charge in [-0.2, -0.15) is 0 Å². The molecule has 0 spiro atoms. The summed E-state index contributed by atoms with van der Waals surface area (Å²) in [5, 5.41) is 10.9. The molecule has 150 valence electrons. The molecule has 4 rings (SSSR count). The van der Waals surface area contributed by atoms with Gasteiger partial charge in [0, 0.05) is 35.6 Å². The zero-order valence-electron chi connectivity index (χ0n) is 16.9. The van der Waals surface area contributed by atoms with Crippen LogP contribution in [0, 0.1) is 5.92 Å². The number of benzene rings is 2. The summed E-state index contributed by atoms with van der Waals surface area (Å²) in [6.45, 7) is 0. The lowest BCUT2D eigenvalue weighted by Gasteiger charge is -2.12. The van der Waals surface area contributed by atoms with Gasteiger partial charge in [0.05, 0.1) is 5.92 Å². The van der Waals surface area contributed by atoms with Crippen LogP contribution in [0.5, 0.6) is 0 Å². The second-order valence-electron chi connectivity index (χ2n) is 8.11. The molecule has 0 saturated heterocycles. The van der Waals surface area contributed by atoms with Crippen LogP contribution < -0.4 is 0 Å². The SMILES string of the molecule is Cn1c2c(c3ccc(C(=O)C[C@@H](CCc4ccccc4)C(=O)O)cc31)CCCC2. The molecular formula is C25H27NO3. The maximum absolute atomic E-state index is 12.9. The number of carbonyl (C=O) groups excluding carboxylic acids is 1. The molecule has 0 radical (unpaired) electrons. The minimum Gasteiger partial charge on any atom is -0.481 e. The van der Waals surface area contributed by atoms with Crippen molar-refractivity contribution in [1.29, 1.82) is 0 Å². The minimum atomic E-state index is -0.898. The molecular weight excluding hydrogens is 362 g/mol. The Kier molecular flexibility index (Phi) is 5.52. The molecule has 2 aromatic carbocycles. The van der Waals surface area contributed by atoms with Crippen LogP contribution in [-0.4, -0.2) is 21.4 Å². The van der Waals surface area contributed by atoms with Gasteiger partial charge in [-0.3, -0.25) is 9.59 Å². The first kappa shape index (κ1) is 19.4. The second kappa shape index (κ2) is 8.24. The van der Waals surface area contributed by atoms with E-state index in [9.17, 15) is 14.7 Å². The van der Waals surface area contributed by atoms with Gasteiger partial charge in [-0.05, 0) is 55.7 Å². The Morgan fingerprint density at radius 2 is 1.83 bits per heavy atom. The Morgan fingerprint density at radius 1 is 1.07 bits per heavy atom. The number of fused-ring (bicyclic) bond motifs is 3. The number of ketones is 1. The average molecular weight is 389 g/mol. The minimum absolute atomic E-state index is 0.0395. The van der Waals surface area contributed by atoms with E-state index in [0.717, 1.165) is 23.9 Å². The van der Waals surface area contributed by atoms with Crippen molar-refractivity contribution < 1.29 is 14.7 Å². The number of Topliss-reactive ketones (excluding diaryl/α,β-unsaturated/α-hetero) is 1. The number of nitrogens with zero attached hydrogens (tertiary/aromatic N) is 1. The first-order valence-corrected chi connectivity index (χ1v) is 10.4. The number of hydrogen-bond donors (Lipinski definition) is 1. The van der Waals surface area contributed by atoms with Crippen molar-refractivity contribution in [3.8, 4) is 0 Å². The van der Waals surface area contributed by atoms with E-state index < -0.39 is 11.9 Å². The zero-order chi connectivity index (χ0) is 20.4. The fourth-order valence-corrected chi connectivity index (χ4v) is 4.57. The summed E-state index contributed by atoms with van der Waals surface area (Å²) in [5.41, 5.74) is 5.59. The Bertz CT molecular complexity index is 1050. The highest BCUT2D eigenvalue weighted by Crippen LogP contribution is 2.32. The highest BCUT2D eigenvalue weighted by molar-refractivity contribution is 6.01. The standard InChI is InChI=1S/C25H27NO3/c1-26-22-10-6-5-9-20(22)21-14-13-18(15-23(21)26)24(27)16-19(25(28)29)12-11-17-7-3-2-4-8-17/h2-4,7-8,13-15,19H,5-6,9-12,16H2,1H3,(H,28,29)/t19-/m1/s1. The van der Waals surface area contributed by atoms with Gasteiger partial charge >= 0.3 is 5.97 Å². The van der Waals surface area contributed by atoms with Gasteiger partial charge in [0.15, 0.2) is 5.78 Å². The van der Waals surface area contributed by atoms with Crippen molar-refractivity contribution in [2.24, 2.45) is 13.0 Å². The van der Waals surface area contributed by atoms with Crippen LogP contribution in [0.3, 0.4) is 0 Å². The van der Waals surface area contributed by atoms with E-state index in [2.05, 4.69) is 11.6 Å². The molecule has 1 atom stereocenters. The third-order valence-electron chi connectivity index (χ3n) is 6.26. The number of rotatable bonds is 7. The number of carboxylic acids is 1. The van der Waals surface area contributed by atoms with Crippen LogP contribution in [0.4, 0.5) is 0 Å². The summed E-state index contributed by atoms with van der Waals surface area (Å²) < 4.78 is 2.21. The Balaban J connectivity index is 1.52. The van der Waals surface area contributed by atoms with Gasteiger partial charge in [0.2, 0.25) is 0 Å². The lowest BCUT2D eigenvalue weighted by molar-refractivity contribution is -0.141. The van der Waals surface area contributed by atoms with Crippen molar-refractivity contribution in [2.45, 2.75) is 44.9 Å². The van der Waals surface area contributed by atoms with Gasteiger partial charge in [-0.25, -0.2) is 0 Å². The van der Waals surface area contributed by atoms with Gasteiger partial charge in [-0.15, -0.1) is 0 Å². The third-order valence-corrected chi connectivity index (χ3v) is 6.26. The van der Waals surface area contributed by atoms with E-state index in [1.807, 2.05) is 48.5 Å². The number of aliphatic carboxylic acids is 1. The maximum Gasteiger partial charge on any atom is 0.306 e. The van der Waals surface area contributed by atoms with Gasteiger partial charge < -0.3 is 9.67 Å². The second-order valence-corrected chi connectivity index (χ2v) is 8.11. The first-order valence-electron chi connectivity index (χ1n) is 10.4. The summed E-state index contributed by atoms with van der Waals surface area (Å²) in [4.78, 5) is 24.6. The van der Waals surface area contributed by atoms with E-state index in [-0.39, 0.29) is 12.2 Å². The first-order chi connectivity index (χ1) is 14.0. The fraction of sp³-hybridized carbons (Fsp3) is 0.360. The number of carboxylic acid groups (broad SMARTS) is 1. The normalized spacial score (nSPS) is 14.5. The van der Waals surface area contributed by atoms with Crippen LogP contribution in [0.25, 0.3) is 10.9 Å². The molecule has 1 aromatic heterocycles. The van der Waals surface area contributed by atoms with Crippen LogP contribution in [0.1, 0.15) is 52.9 Å². The monoisotopic (exact) mass is 389 g/mol. The molecule has 1 N–H and O–H groups in total. The van der Waals surface area contributed by atoms with Crippen molar-refractivity contribution >= 4 is 22.7 Å². The molecule has 29 heavy (non-hydrogen) atoms. The number of carbonyl (C=O) groups is 2. The van der Waals surface area contributed by atoms with Crippen molar-refractivity contribution in [1.82, 2.24) is 4.57 Å².